The van der Waals surface area contributed by atoms with Gasteiger partial charge in [0.25, 0.3) is 0 Å². The second kappa shape index (κ2) is 6.00. The predicted molar refractivity (Wildman–Crippen MR) is 76.6 cm³/mol. The number of hydrogen-bond acceptors (Lipinski definition) is 7. The summed E-state index contributed by atoms with van der Waals surface area (Å²) in [6.07, 6.45) is 0. The molecule has 0 saturated carbocycles. The lowest BCUT2D eigenvalue weighted by Gasteiger charge is -2.09. The first-order chi connectivity index (χ1) is 9.12. The van der Waals surface area contributed by atoms with Gasteiger partial charge < -0.3 is 10.1 Å². The van der Waals surface area contributed by atoms with Crippen LogP contribution in [-0.4, -0.2) is 22.1 Å². The van der Waals surface area contributed by atoms with Crippen LogP contribution in [0.2, 0.25) is 5.02 Å². The van der Waals surface area contributed by atoms with Crippen molar-refractivity contribution >= 4 is 45.1 Å². The third kappa shape index (κ3) is 3.43. The molecule has 0 bridgehead atoms. The molecule has 0 unspecified atom stereocenters. The van der Waals surface area contributed by atoms with E-state index in [9.17, 15) is 0 Å². The van der Waals surface area contributed by atoms with Crippen LogP contribution in [0.5, 0.6) is 6.01 Å². The number of benzene rings is 1. The lowest BCUT2D eigenvalue weighted by atomic mass is 10.3. The maximum atomic E-state index is 6.09. The van der Waals surface area contributed by atoms with Crippen LogP contribution in [0.3, 0.4) is 0 Å². The first-order valence-corrected chi connectivity index (χ1v) is 6.28. The Kier molecular flexibility index (Phi) is 4.35. The number of halogens is 2. The van der Waals surface area contributed by atoms with Crippen molar-refractivity contribution in [3.8, 4) is 6.01 Å². The monoisotopic (exact) mass is 344 g/mol. The molecule has 1 heterocycles. The number of methoxy groups -OCH3 is 1. The molecule has 0 spiro atoms. The minimum atomic E-state index is 0.138. The Morgan fingerprint density at radius 2 is 2.00 bits per heavy atom. The van der Waals surface area contributed by atoms with Gasteiger partial charge in [-0.15, -0.1) is 0 Å². The Labute approximate surface area is 122 Å². The van der Waals surface area contributed by atoms with Crippen molar-refractivity contribution in [1.29, 1.82) is 0 Å². The van der Waals surface area contributed by atoms with E-state index in [2.05, 4.69) is 41.6 Å². The van der Waals surface area contributed by atoms with Gasteiger partial charge in [-0.2, -0.15) is 15.0 Å². The van der Waals surface area contributed by atoms with Crippen LogP contribution < -0.4 is 21.3 Å². The average molecular weight is 346 g/mol. The summed E-state index contributed by atoms with van der Waals surface area (Å²) in [5.41, 5.74) is 2.98. The fraction of sp³-hybridized carbons (Fsp3) is 0.100. The van der Waals surface area contributed by atoms with E-state index in [-0.39, 0.29) is 17.9 Å². The molecule has 19 heavy (non-hydrogen) atoms. The highest BCUT2D eigenvalue weighted by atomic mass is 79.9. The summed E-state index contributed by atoms with van der Waals surface area (Å²) in [6.45, 7) is 0. The van der Waals surface area contributed by atoms with Crippen molar-refractivity contribution in [3.63, 3.8) is 0 Å². The molecule has 0 saturated heterocycles. The van der Waals surface area contributed by atoms with Gasteiger partial charge in [-0.1, -0.05) is 27.5 Å². The minimum Gasteiger partial charge on any atom is -0.467 e. The van der Waals surface area contributed by atoms with Crippen LogP contribution in [0, 0.1) is 0 Å². The van der Waals surface area contributed by atoms with Crippen molar-refractivity contribution < 1.29 is 4.74 Å². The molecule has 0 aliphatic heterocycles. The molecule has 0 aliphatic carbocycles. The van der Waals surface area contributed by atoms with Crippen molar-refractivity contribution in [2.75, 3.05) is 17.9 Å². The Balaban J connectivity index is 2.31. The molecule has 0 atom stereocenters. The normalized spacial score (nSPS) is 10.1. The number of nitrogen functional groups attached to an aromatic ring is 1. The number of anilines is 3. The first-order valence-electron chi connectivity index (χ1n) is 5.11. The Morgan fingerprint density at radius 3 is 2.63 bits per heavy atom. The standard InChI is InChI=1S/C10H10BrClN6O/c1-19-10-16-8(15-9(17-10)18-13)14-7-3-2-5(11)4-6(7)12/h2-4H,13H2,1H3,(H2,14,15,16,17,18). The first kappa shape index (κ1) is 13.8. The van der Waals surface area contributed by atoms with E-state index in [1.807, 2.05) is 6.07 Å². The van der Waals surface area contributed by atoms with Gasteiger partial charge in [0.15, 0.2) is 0 Å². The molecule has 4 N–H and O–H groups in total. The molecular formula is C10H10BrClN6O. The molecule has 0 fully saturated rings. The lowest BCUT2D eigenvalue weighted by molar-refractivity contribution is 0.379. The van der Waals surface area contributed by atoms with Crippen LogP contribution in [-0.2, 0) is 0 Å². The van der Waals surface area contributed by atoms with Crippen LogP contribution in [0.1, 0.15) is 0 Å². The summed E-state index contributed by atoms with van der Waals surface area (Å²) >= 11 is 9.42. The van der Waals surface area contributed by atoms with Crippen molar-refractivity contribution in [3.05, 3.63) is 27.7 Å². The predicted octanol–water partition coefficient (Wildman–Crippen LogP) is 2.33. The zero-order valence-corrected chi connectivity index (χ0v) is 12.2. The van der Waals surface area contributed by atoms with Crippen LogP contribution in [0.4, 0.5) is 17.6 Å². The molecule has 100 valence electrons. The highest BCUT2D eigenvalue weighted by Crippen LogP contribution is 2.27. The van der Waals surface area contributed by atoms with Crippen LogP contribution in [0.15, 0.2) is 22.7 Å². The lowest BCUT2D eigenvalue weighted by Crippen LogP contribution is -2.13. The smallest absolute Gasteiger partial charge is 0.322 e. The number of hydrogen-bond donors (Lipinski definition) is 3. The van der Waals surface area contributed by atoms with E-state index in [0.717, 1.165) is 4.47 Å². The molecule has 1 aromatic heterocycles. The van der Waals surface area contributed by atoms with Gasteiger partial charge in [0.1, 0.15) is 0 Å². The Bertz CT molecular complexity index is 574. The summed E-state index contributed by atoms with van der Waals surface area (Å²) < 4.78 is 5.82. The summed E-state index contributed by atoms with van der Waals surface area (Å²) in [5, 5.41) is 3.48. The van der Waals surface area contributed by atoms with Gasteiger partial charge >= 0.3 is 6.01 Å². The maximum absolute atomic E-state index is 6.09. The number of nitrogens with two attached hydrogens (primary N) is 1. The second-order valence-corrected chi connectivity index (χ2v) is 4.69. The van der Waals surface area contributed by atoms with E-state index in [0.29, 0.717) is 10.7 Å². The summed E-state index contributed by atoms with van der Waals surface area (Å²) in [6, 6.07) is 5.52. The summed E-state index contributed by atoms with van der Waals surface area (Å²) in [4.78, 5) is 12.0. The van der Waals surface area contributed by atoms with E-state index < -0.39 is 0 Å². The molecule has 9 heteroatoms. The van der Waals surface area contributed by atoms with E-state index in [1.165, 1.54) is 7.11 Å². The number of ether oxygens (including phenoxy) is 1. The minimum absolute atomic E-state index is 0.138. The SMILES string of the molecule is COc1nc(NN)nc(Nc2ccc(Br)cc2Cl)n1. The van der Waals surface area contributed by atoms with Gasteiger partial charge in [-0.25, -0.2) is 5.84 Å². The number of hydrazine groups is 1. The highest BCUT2D eigenvalue weighted by Gasteiger charge is 2.08. The number of rotatable bonds is 4. The van der Waals surface area contributed by atoms with Gasteiger partial charge in [-0.05, 0) is 18.2 Å². The Hall–Kier alpha value is -1.64. The van der Waals surface area contributed by atoms with Crippen molar-refractivity contribution in [1.82, 2.24) is 15.0 Å². The molecule has 1 aromatic carbocycles. The van der Waals surface area contributed by atoms with Crippen molar-refractivity contribution in [2.24, 2.45) is 5.84 Å². The number of aromatic nitrogens is 3. The molecule has 0 radical (unpaired) electrons. The summed E-state index contributed by atoms with van der Waals surface area (Å²) in [5.74, 6) is 5.72. The average Bonchev–Trinajstić information content (AvgIpc) is 2.41. The van der Waals surface area contributed by atoms with Crippen LogP contribution >= 0.6 is 27.5 Å². The van der Waals surface area contributed by atoms with Gasteiger partial charge in [0, 0.05) is 4.47 Å². The van der Waals surface area contributed by atoms with Gasteiger partial charge in [0.2, 0.25) is 11.9 Å². The molecular weight excluding hydrogens is 336 g/mol. The molecule has 2 aromatic rings. The largest absolute Gasteiger partial charge is 0.467 e. The molecule has 0 aliphatic rings. The molecule has 2 rings (SSSR count). The fourth-order valence-electron chi connectivity index (χ4n) is 1.28. The molecule has 0 amide bonds. The van der Waals surface area contributed by atoms with Crippen LogP contribution in [0.25, 0.3) is 0 Å². The van der Waals surface area contributed by atoms with Crippen molar-refractivity contribution in [2.45, 2.75) is 0 Å². The van der Waals surface area contributed by atoms with E-state index in [1.54, 1.807) is 12.1 Å². The topological polar surface area (TPSA) is 98.0 Å². The third-order valence-electron chi connectivity index (χ3n) is 2.10. The number of nitrogens with one attached hydrogen (secondary N) is 2. The summed E-state index contributed by atoms with van der Waals surface area (Å²) in [7, 11) is 1.45. The fourth-order valence-corrected chi connectivity index (χ4v) is 2.00. The van der Waals surface area contributed by atoms with E-state index in [4.69, 9.17) is 22.2 Å². The van der Waals surface area contributed by atoms with Gasteiger partial charge in [0.05, 0.1) is 17.8 Å². The highest BCUT2D eigenvalue weighted by molar-refractivity contribution is 9.10. The zero-order chi connectivity index (χ0) is 13.8. The second-order valence-electron chi connectivity index (χ2n) is 3.36. The maximum Gasteiger partial charge on any atom is 0.322 e. The van der Waals surface area contributed by atoms with Gasteiger partial charge in [-0.3, -0.25) is 5.43 Å². The Morgan fingerprint density at radius 1 is 1.26 bits per heavy atom. The van der Waals surface area contributed by atoms with E-state index >= 15 is 0 Å². The number of nitrogens with zero attached hydrogens (tertiary/aromatic N) is 3. The molecule has 7 nitrogen and oxygen atoms in total. The third-order valence-corrected chi connectivity index (χ3v) is 2.91. The zero-order valence-electron chi connectivity index (χ0n) is 9.82. The quantitative estimate of drug-likeness (QED) is 0.578.